The van der Waals surface area contributed by atoms with E-state index in [0.29, 0.717) is 16.7 Å². The molecule has 3 heterocycles. The van der Waals surface area contributed by atoms with Crippen molar-refractivity contribution < 1.29 is 31.6 Å². The van der Waals surface area contributed by atoms with E-state index in [2.05, 4.69) is 20.6 Å². The Hall–Kier alpha value is -5.45. The third kappa shape index (κ3) is 4.88. The molecule has 8 nitrogen and oxygen atoms in total. The molecule has 0 bridgehead atoms. The number of carbonyl (C=O) groups is 2. The van der Waals surface area contributed by atoms with Crippen molar-refractivity contribution in [1.29, 1.82) is 0 Å². The van der Waals surface area contributed by atoms with Crippen LogP contribution in [-0.4, -0.2) is 28.8 Å². The molecule has 6 rings (SSSR count). The van der Waals surface area contributed by atoms with Crippen LogP contribution in [0, 0.1) is 24.4 Å². The zero-order valence-corrected chi connectivity index (χ0v) is 23.1. The van der Waals surface area contributed by atoms with Gasteiger partial charge in [-0.25, -0.2) is 18.2 Å². The molecule has 0 aliphatic carbocycles. The van der Waals surface area contributed by atoms with Crippen LogP contribution in [0.4, 0.5) is 13.2 Å². The van der Waals surface area contributed by atoms with Gasteiger partial charge in [0.1, 0.15) is 40.4 Å². The first-order valence-corrected chi connectivity index (χ1v) is 13.2. The predicted octanol–water partition coefficient (Wildman–Crippen LogP) is 6.88. The molecule has 11 heteroatoms. The number of halogens is 3. The molecule has 0 aliphatic heterocycles. The molecule has 3 aromatic carbocycles. The molecule has 3 aromatic heterocycles. The van der Waals surface area contributed by atoms with Gasteiger partial charge in [-0.05, 0) is 79.6 Å². The summed E-state index contributed by atoms with van der Waals surface area (Å²) in [5, 5.41) is 5.08. The van der Waals surface area contributed by atoms with Crippen molar-refractivity contribution in [3.8, 4) is 22.5 Å². The maximum Gasteiger partial charge on any atom is 0.255 e. The summed E-state index contributed by atoms with van der Waals surface area (Å²) in [7, 11) is 1.39. The van der Waals surface area contributed by atoms with Crippen LogP contribution in [0.1, 0.15) is 45.1 Å². The number of hydrogen-bond acceptors (Lipinski definition) is 6. The van der Waals surface area contributed by atoms with Crippen LogP contribution in [0.3, 0.4) is 0 Å². The van der Waals surface area contributed by atoms with Crippen LogP contribution in [0.15, 0.2) is 75.8 Å². The van der Waals surface area contributed by atoms with Gasteiger partial charge in [0.15, 0.2) is 5.58 Å². The van der Waals surface area contributed by atoms with E-state index >= 15 is 8.78 Å². The number of fused-ring (bicyclic) bond motifs is 2. The number of aromatic nitrogens is 2. The van der Waals surface area contributed by atoms with Crippen molar-refractivity contribution in [2.75, 3.05) is 7.05 Å². The van der Waals surface area contributed by atoms with Gasteiger partial charge in [0.2, 0.25) is 5.89 Å². The van der Waals surface area contributed by atoms with Gasteiger partial charge in [0.25, 0.3) is 11.8 Å². The second kappa shape index (κ2) is 10.8. The third-order valence-electron chi connectivity index (χ3n) is 7.18. The van der Waals surface area contributed by atoms with Crippen molar-refractivity contribution in [2.45, 2.75) is 19.9 Å². The smallest absolute Gasteiger partial charge is 0.255 e. The maximum atomic E-state index is 16.3. The Morgan fingerprint density at radius 2 is 1.67 bits per heavy atom. The van der Waals surface area contributed by atoms with E-state index in [9.17, 15) is 14.0 Å². The Bertz CT molecular complexity index is 2020. The normalized spacial score (nSPS) is 12.0. The molecule has 0 unspecified atom stereocenters. The lowest BCUT2D eigenvalue weighted by Gasteiger charge is -2.14. The predicted molar refractivity (Wildman–Crippen MR) is 153 cm³/mol. The molecule has 0 spiro atoms. The monoisotopic (exact) mass is 584 g/mol. The van der Waals surface area contributed by atoms with Crippen molar-refractivity contribution in [2.24, 2.45) is 0 Å². The minimum absolute atomic E-state index is 0.0466. The Kier molecular flexibility index (Phi) is 6.93. The van der Waals surface area contributed by atoms with E-state index in [4.69, 9.17) is 8.83 Å². The molecule has 2 amide bonds. The van der Waals surface area contributed by atoms with Crippen LogP contribution >= 0.6 is 0 Å². The standard InChI is InChI=1S/C32H23F3N4O4/c1-15-21(12-18(13-22(15)34)30(40)38-16(2)32-39-23-10-11-37-14-25(23)43-32)20-8-9-24-26(28(20)35)27(31(41)36-3)29(42-24)17-4-6-19(33)7-5-17/h4-14,16H,1-3H3,(H,36,41)(H,38,40)/t16-/m0/s1. The Labute approximate surface area is 242 Å². The maximum absolute atomic E-state index is 16.3. The highest BCUT2D eigenvalue weighted by Gasteiger charge is 2.27. The fourth-order valence-corrected chi connectivity index (χ4v) is 4.92. The number of nitrogens with one attached hydrogen (secondary N) is 2. The quantitative estimate of drug-likeness (QED) is 0.221. The summed E-state index contributed by atoms with van der Waals surface area (Å²) in [5.74, 6) is -3.05. The van der Waals surface area contributed by atoms with E-state index in [0.717, 1.165) is 6.07 Å². The van der Waals surface area contributed by atoms with Gasteiger partial charge >= 0.3 is 0 Å². The summed E-state index contributed by atoms with van der Waals surface area (Å²) in [6, 6.07) is 11.5. The summed E-state index contributed by atoms with van der Waals surface area (Å²) >= 11 is 0. The number of oxazole rings is 1. The first kappa shape index (κ1) is 27.7. The molecule has 0 aliphatic rings. The van der Waals surface area contributed by atoms with Crippen molar-refractivity contribution in [3.05, 3.63) is 107 Å². The third-order valence-corrected chi connectivity index (χ3v) is 7.18. The first-order chi connectivity index (χ1) is 20.7. The zero-order valence-electron chi connectivity index (χ0n) is 23.1. The number of pyridine rings is 1. The molecule has 0 saturated heterocycles. The lowest BCUT2D eigenvalue weighted by atomic mass is 9.94. The van der Waals surface area contributed by atoms with Crippen molar-refractivity contribution in [3.63, 3.8) is 0 Å². The molecule has 2 N–H and O–H groups in total. The van der Waals surface area contributed by atoms with Gasteiger partial charge in [-0.3, -0.25) is 14.6 Å². The molecule has 1 atom stereocenters. The molecule has 216 valence electrons. The van der Waals surface area contributed by atoms with E-state index in [1.165, 1.54) is 62.6 Å². The number of nitrogens with zero attached hydrogens (tertiary/aromatic N) is 2. The Balaban J connectivity index is 1.41. The molecule has 0 fully saturated rings. The largest absolute Gasteiger partial charge is 0.455 e. The zero-order chi connectivity index (χ0) is 30.4. The van der Waals surface area contributed by atoms with Crippen LogP contribution < -0.4 is 10.6 Å². The molecular weight excluding hydrogens is 561 g/mol. The molecular formula is C32H23F3N4O4. The average molecular weight is 585 g/mol. The minimum atomic E-state index is -0.846. The summed E-state index contributed by atoms with van der Waals surface area (Å²) in [6.07, 6.45) is 3.07. The van der Waals surface area contributed by atoms with E-state index in [1.54, 1.807) is 19.2 Å². The topological polar surface area (TPSA) is 110 Å². The molecule has 0 saturated carbocycles. The highest BCUT2D eigenvalue weighted by Crippen LogP contribution is 2.40. The van der Waals surface area contributed by atoms with Crippen LogP contribution in [0.2, 0.25) is 0 Å². The summed E-state index contributed by atoms with van der Waals surface area (Å²) in [5.41, 5.74) is 1.44. The number of rotatable bonds is 6. The van der Waals surface area contributed by atoms with Crippen LogP contribution in [0.25, 0.3) is 44.5 Å². The number of carbonyl (C=O) groups excluding carboxylic acids is 2. The van der Waals surface area contributed by atoms with Crippen molar-refractivity contribution >= 4 is 33.9 Å². The summed E-state index contributed by atoms with van der Waals surface area (Å²) < 4.78 is 56.6. The average Bonchev–Trinajstić information content (AvgIpc) is 3.62. The molecule has 6 aromatic rings. The Morgan fingerprint density at radius 1 is 0.907 bits per heavy atom. The number of benzene rings is 3. The minimum Gasteiger partial charge on any atom is -0.455 e. The van der Waals surface area contributed by atoms with Crippen LogP contribution in [0.5, 0.6) is 0 Å². The van der Waals surface area contributed by atoms with E-state index < -0.39 is 35.3 Å². The highest BCUT2D eigenvalue weighted by atomic mass is 19.1. The second-order valence-electron chi connectivity index (χ2n) is 9.91. The molecule has 0 radical (unpaired) electrons. The van der Waals surface area contributed by atoms with Gasteiger partial charge in [-0.15, -0.1) is 0 Å². The molecule has 43 heavy (non-hydrogen) atoms. The number of hydrogen-bond donors (Lipinski definition) is 2. The van der Waals surface area contributed by atoms with Gasteiger partial charge in [-0.1, -0.05) is 0 Å². The fourth-order valence-electron chi connectivity index (χ4n) is 4.92. The Morgan fingerprint density at radius 3 is 2.40 bits per heavy atom. The van der Waals surface area contributed by atoms with Crippen LogP contribution in [-0.2, 0) is 0 Å². The summed E-state index contributed by atoms with van der Waals surface area (Å²) in [6.45, 7) is 3.12. The second-order valence-corrected chi connectivity index (χ2v) is 9.91. The first-order valence-electron chi connectivity index (χ1n) is 13.2. The number of furan rings is 1. The summed E-state index contributed by atoms with van der Waals surface area (Å²) in [4.78, 5) is 34.5. The fraction of sp³-hybridized carbons (Fsp3) is 0.125. The van der Waals surface area contributed by atoms with E-state index in [-0.39, 0.29) is 50.4 Å². The SMILES string of the molecule is CNC(=O)c1c(-c2ccc(F)cc2)oc2ccc(-c3cc(C(=O)N[C@@H](C)c4nc5ccncc5o4)cc(F)c3C)c(F)c12. The lowest BCUT2D eigenvalue weighted by Crippen LogP contribution is -2.27. The van der Waals surface area contributed by atoms with Gasteiger partial charge in [-0.2, -0.15) is 0 Å². The van der Waals surface area contributed by atoms with Gasteiger partial charge < -0.3 is 19.5 Å². The van der Waals surface area contributed by atoms with Gasteiger partial charge in [0, 0.05) is 29.9 Å². The van der Waals surface area contributed by atoms with Crippen molar-refractivity contribution in [1.82, 2.24) is 20.6 Å². The van der Waals surface area contributed by atoms with Gasteiger partial charge in [0.05, 0.1) is 17.1 Å². The highest BCUT2D eigenvalue weighted by molar-refractivity contribution is 6.12. The van der Waals surface area contributed by atoms with E-state index in [1.807, 2.05) is 0 Å². The lowest BCUT2D eigenvalue weighted by molar-refractivity contribution is 0.0932. The number of amides is 2.